The van der Waals surface area contributed by atoms with Gasteiger partial charge in [-0.3, -0.25) is 4.79 Å². The Hall–Kier alpha value is -2.85. The molecule has 1 N–H and O–H groups in total. The Morgan fingerprint density at radius 2 is 1.68 bits per heavy atom. The standard InChI is InChI=1S/C20H18ClN3O/c1-2-24(18-6-4-3-5-7-18)20(25)19-13-12-17(14-22-19)23-16-10-8-15(21)9-11-16/h3-14,23H,2H2,1H3. The molecule has 0 aliphatic carbocycles. The number of carbonyl (C=O) groups is 1. The summed E-state index contributed by atoms with van der Waals surface area (Å²) in [6.45, 7) is 2.52. The quantitative estimate of drug-likeness (QED) is 0.691. The second-order valence-electron chi connectivity index (χ2n) is 5.45. The molecule has 1 heterocycles. The van der Waals surface area contributed by atoms with Crippen molar-refractivity contribution in [2.45, 2.75) is 6.92 Å². The van der Waals surface area contributed by atoms with Crippen LogP contribution in [0.25, 0.3) is 0 Å². The molecule has 1 aromatic heterocycles. The maximum atomic E-state index is 12.7. The van der Waals surface area contributed by atoms with E-state index in [1.54, 1.807) is 17.2 Å². The maximum Gasteiger partial charge on any atom is 0.276 e. The van der Waals surface area contributed by atoms with E-state index in [4.69, 9.17) is 11.6 Å². The second-order valence-corrected chi connectivity index (χ2v) is 5.89. The van der Waals surface area contributed by atoms with Crippen LogP contribution in [0.4, 0.5) is 17.1 Å². The number of rotatable bonds is 5. The van der Waals surface area contributed by atoms with Crippen molar-refractivity contribution in [3.63, 3.8) is 0 Å². The molecule has 0 bridgehead atoms. The first-order chi connectivity index (χ1) is 12.2. The molecule has 3 rings (SSSR count). The van der Waals surface area contributed by atoms with Gasteiger partial charge in [-0.05, 0) is 55.5 Å². The molecule has 126 valence electrons. The smallest absolute Gasteiger partial charge is 0.276 e. The molecule has 0 atom stereocenters. The lowest BCUT2D eigenvalue weighted by atomic mass is 10.2. The number of aromatic nitrogens is 1. The van der Waals surface area contributed by atoms with Gasteiger partial charge in [-0.15, -0.1) is 0 Å². The van der Waals surface area contributed by atoms with Crippen LogP contribution in [0, 0.1) is 0 Å². The van der Waals surface area contributed by atoms with E-state index in [2.05, 4.69) is 10.3 Å². The van der Waals surface area contributed by atoms with Crippen LogP contribution < -0.4 is 10.2 Å². The van der Waals surface area contributed by atoms with Crippen LogP contribution in [-0.2, 0) is 0 Å². The number of carbonyl (C=O) groups excluding carboxylic acids is 1. The normalized spacial score (nSPS) is 10.3. The summed E-state index contributed by atoms with van der Waals surface area (Å²) in [7, 11) is 0. The van der Waals surface area contributed by atoms with Gasteiger partial charge in [0.1, 0.15) is 5.69 Å². The number of nitrogens with one attached hydrogen (secondary N) is 1. The minimum absolute atomic E-state index is 0.119. The van der Waals surface area contributed by atoms with E-state index in [0.717, 1.165) is 17.1 Å². The van der Waals surface area contributed by atoms with Crippen LogP contribution in [0.5, 0.6) is 0 Å². The third-order valence-electron chi connectivity index (χ3n) is 3.74. The van der Waals surface area contributed by atoms with Gasteiger partial charge in [0, 0.05) is 22.9 Å². The van der Waals surface area contributed by atoms with Crippen molar-refractivity contribution in [3.8, 4) is 0 Å². The predicted octanol–water partition coefficient (Wildman–Crippen LogP) is 5.15. The summed E-state index contributed by atoms with van der Waals surface area (Å²) in [6.07, 6.45) is 1.65. The molecule has 0 spiro atoms. The summed E-state index contributed by atoms with van der Waals surface area (Å²) in [5.41, 5.74) is 2.99. The van der Waals surface area contributed by atoms with Crippen LogP contribution in [0.3, 0.4) is 0 Å². The zero-order valence-corrected chi connectivity index (χ0v) is 14.6. The summed E-state index contributed by atoms with van der Waals surface area (Å²) >= 11 is 5.88. The lowest BCUT2D eigenvalue weighted by molar-refractivity contribution is 0.0983. The molecule has 0 fully saturated rings. The second kappa shape index (κ2) is 7.81. The molecule has 0 saturated carbocycles. The highest BCUT2D eigenvalue weighted by Gasteiger charge is 2.16. The van der Waals surface area contributed by atoms with Crippen molar-refractivity contribution >= 4 is 34.6 Å². The highest BCUT2D eigenvalue weighted by Crippen LogP contribution is 2.20. The number of anilines is 3. The van der Waals surface area contributed by atoms with Gasteiger partial charge in [0.2, 0.25) is 0 Å². The lowest BCUT2D eigenvalue weighted by Crippen LogP contribution is -2.31. The molecular formula is C20H18ClN3O. The molecule has 1 amide bonds. The van der Waals surface area contributed by atoms with Crippen LogP contribution >= 0.6 is 11.6 Å². The van der Waals surface area contributed by atoms with Gasteiger partial charge in [-0.2, -0.15) is 0 Å². The number of para-hydroxylation sites is 1. The molecule has 4 nitrogen and oxygen atoms in total. The molecule has 2 aromatic carbocycles. The minimum Gasteiger partial charge on any atom is -0.354 e. The molecule has 3 aromatic rings. The van der Waals surface area contributed by atoms with Crippen molar-refractivity contribution < 1.29 is 4.79 Å². The first-order valence-electron chi connectivity index (χ1n) is 8.03. The SMILES string of the molecule is CCN(C(=O)c1ccc(Nc2ccc(Cl)cc2)cn1)c1ccccc1. The van der Waals surface area contributed by atoms with E-state index in [0.29, 0.717) is 17.3 Å². The van der Waals surface area contributed by atoms with E-state index in [1.165, 1.54) is 0 Å². The zero-order chi connectivity index (χ0) is 17.6. The van der Waals surface area contributed by atoms with E-state index < -0.39 is 0 Å². The van der Waals surface area contributed by atoms with Gasteiger partial charge in [-0.25, -0.2) is 4.98 Å². The van der Waals surface area contributed by atoms with Gasteiger partial charge in [0.05, 0.1) is 11.9 Å². The number of hydrogen-bond donors (Lipinski definition) is 1. The van der Waals surface area contributed by atoms with Crippen molar-refractivity contribution in [1.29, 1.82) is 0 Å². The number of halogens is 1. The van der Waals surface area contributed by atoms with Crippen LogP contribution in [0.15, 0.2) is 72.9 Å². The summed E-state index contributed by atoms with van der Waals surface area (Å²) in [5, 5.41) is 3.91. The Morgan fingerprint density at radius 1 is 1.00 bits per heavy atom. The maximum absolute atomic E-state index is 12.7. The van der Waals surface area contributed by atoms with Gasteiger partial charge in [0.15, 0.2) is 0 Å². The summed E-state index contributed by atoms with van der Waals surface area (Å²) in [6, 6.07) is 20.6. The Bertz CT molecular complexity index is 833. The Morgan fingerprint density at radius 3 is 2.28 bits per heavy atom. The van der Waals surface area contributed by atoms with Gasteiger partial charge < -0.3 is 10.2 Å². The highest BCUT2D eigenvalue weighted by molar-refractivity contribution is 6.30. The predicted molar refractivity (Wildman–Crippen MR) is 103 cm³/mol. The largest absolute Gasteiger partial charge is 0.354 e. The third-order valence-corrected chi connectivity index (χ3v) is 4.00. The molecule has 0 aliphatic heterocycles. The van der Waals surface area contributed by atoms with E-state index >= 15 is 0 Å². The first kappa shape index (κ1) is 17.0. The van der Waals surface area contributed by atoms with E-state index in [1.807, 2.05) is 67.6 Å². The summed E-state index contributed by atoms with van der Waals surface area (Å²) in [4.78, 5) is 18.7. The molecule has 0 unspecified atom stereocenters. The molecule has 0 saturated heterocycles. The zero-order valence-electron chi connectivity index (χ0n) is 13.8. The Labute approximate surface area is 152 Å². The van der Waals surface area contributed by atoms with Gasteiger partial charge in [0.25, 0.3) is 5.91 Å². The van der Waals surface area contributed by atoms with Crippen LogP contribution in [0.2, 0.25) is 5.02 Å². The number of hydrogen-bond acceptors (Lipinski definition) is 3. The van der Waals surface area contributed by atoms with E-state index in [-0.39, 0.29) is 5.91 Å². The number of pyridine rings is 1. The van der Waals surface area contributed by atoms with Crippen molar-refractivity contribution in [1.82, 2.24) is 4.98 Å². The van der Waals surface area contributed by atoms with Gasteiger partial charge in [-0.1, -0.05) is 29.8 Å². The fourth-order valence-electron chi connectivity index (χ4n) is 2.48. The fourth-order valence-corrected chi connectivity index (χ4v) is 2.61. The number of amides is 1. The minimum atomic E-state index is -0.119. The highest BCUT2D eigenvalue weighted by atomic mass is 35.5. The van der Waals surface area contributed by atoms with Crippen molar-refractivity contribution in [2.75, 3.05) is 16.8 Å². The fraction of sp³-hybridized carbons (Fsp3) is 0.100. The van der Waals surface area contributed by atoms with Gasteiger partial charge >= 0.3 is 0 Å². The Kier molecular flexibility index (Phi) is 5.31. The average Bonchev–Trinajstić information content (AvgIpc) is 2.66. The lowest BCUT2D eigenvalue weighted by Gasteiger charge is -2.20. The monoisotopic (exact) mass is 351 g/mol. The van der Waals surface area contributed by atoms with Crippen molar-refractivity contribution in [2.24, 2.45) is 0 Å². The van der Waals surface area contributed by atoms with E-state index in [9.17, 15) is 4.79 Å². The molecular weight excluding hydrogens is 334 g/mol. The Balaban J connectivity index is 1.74. The summed E-state index contributed by atoms with van der Waals surface area (Å²) in [5.74, 6) is -0.119. The van der Waals surface area contributed by atoms with Crippen molar-refractivity contribution in [3.05, 3.63) is 83.6 Å². The molecule has 25 heavy (non-hydrogen) atoms. The molecule has 5 heteroatoms. The van der Waals surface area contributed by atoms with Crippen LogP contribution in [0.1, 0.15) is 17.4 Å². The topological polar surface area (TPSA) is 45.2 Å². The summed E-state index contributed by atoms with van der Waals surface area (Å²) < 4.78 is 0. The number of nitrogens with zero attached hydrogens (tertiary/aromatic N) is 2. The first-order valence-corrected chi connectivity index (χ1v) is 8.40. The van der Waals surface area contributed by atoms with Crippen LogP contribution in [-0.4, -0.2) is 17.4 Å². The number of benzene rings is 2. The third kappa shape index (κ3) is 4.17. The molecule has 0 aliphatic rings. The molecule has 0 radical (unpaired) electrons. The average molecular weight is 352 g/mol.